The third-order valence-electron chi connectivity index (χ3n) is 2.24. The summed E-state index contributed by atoms with van der Waals surface area (Å²) in [7, 11) is 3.71. The second-order valence-corrected chi connectivity index (χ2v) is 3.13. The first-order valence-corrected chi connectivity index (χ1v) is 4.59. The van der Waals surface area contributed by atoms with Crippen LogP contribution in [0.1, 0.15) is 11.9 Å². The summed E-state index contributed by atoms with van der Waals surface area (Å²) in [6.07, 6.45) is -0.0941. The van der Waals surface area contributed by atoms with E-state index in [1.165, 1.54) is 0 Å². The molecule has 1 unspecified atom stereocenters. The lowest BCUT2D eigenvalue weighted by Gasteiger charge is -2.21. The van der Waals surface area contributed by atoms with E-state index in [4.69, 9.17) is 9.47 Å². The summed E-state index contributed by atoms with van der Waals surface area (Å²) in [5, 5.41) is 11.0. The molecule has 0 spiro atoms. The standard InChI is InChI=1S/C8H14N4O2/c1-9-8-11-10-7(12(8)2)6-5-13-3-4-14-6/h6H,3-5H2,1-2H3,(H,9,11). The maximum Gasteiger partial charge on any atom is 0.224 e. The Morgan fingerprint density at radius 2 is 2.29 bits per heavy atom. The molecule has 6 nitrogen and oxygen atoms in total. The summed E-state index contributed by atoms with van der Waals surface area (Å²) in [5.41, 5.74) is 0. The molecule has 1 N–H and O–H groups in total. The molecular formula is C8H14N4O2. The molecule has 6 heteroatoms. The van der Waals surface area contributed by atoms with Crippen molar-refractivity contribution in [2.45, 2.75) is 6.10 Å². The first kappa shape index (κ1) is 9.42. The fraction of sp³-hybridized carbons (Fsp3) is 0.750. The zero-order valence-electron chi connectivity index (χ0n) is 8.36. The molecule has 2 heterocycles. The van der Waals surface area contributed by atoms with Crippen molar-refractivity contribution in [2.75, 3.05) is 32.2 Å². The Morgan fingerprint density at radius 3 is 2.86 bits per heavy atom. The van der Waals surface area contributed by atoms with Crippen LogP contribution >= 0.6 is 0 Å². The molecule has 1 aliphatic rings. The highest BCUT2D eigenvalue weighted by Crippen LogP contribution is 2.19. The monoisotopic (exact) mass is 198 g/mol. The van der Waals surface area contributed by atoms with Gasteiger partial charge in [0.05, 0.1) is 19.8 Å². The number of anilines is 1. The van der Waals surface area contributed by atoms with Gasteiger partial charge in [0.1, 0.15) is 6.10 Å². The number of rotatable bonds is 2. The van der Waals surface area contributed by atoms with Gasteiger partial charge in [0, 0.05) is 14.1 Å². The van der Waals surface area contributed by atoms with Crippen LogP contribution in [0, 0.1) is 0 Å². The van der Waals surface area contributed by atoms with Gasteiger partial charge in [-0.05, 0) is 0 Å². The van der Waals surface area contributed by atoms with Crippen LogP contribution in [0.25, 0.3) is 0 Å². The molecule has 1 aromatic rings. The first-order valence-electron chi connectivity index (χ1n) is 4.59. The lowest BCUT2D eigenvalue weighted by Crippen LogP contribution is -2.24. The van der Waals surface area contributed by atoms with Crippen molar-refractivity contribution < 1.29 is 9.47 Å². The number of aromatic nitrogens is 3. The smallest absolute Gasteiger partial charge is 0.224 e. The topological polar surface area (TPSA) is 61.2 Å². The molecule has 1 aliphatic heterocycles. The third kappa shape index (κ3) is 1.58. The van der Waals surface area contributed by atoms with Gasteiger partial charge in [-0.1, -0.05) is 0 Å². The molecule has 14 heavy (non-hydrogen) atoms. The van der Waals surface area contributed by atoms with Crippen molar-refractivity contribution in [1.29, 1.82) is 0 Å². The molecule has 1 atom stereocenters. The van der Waals surface area contributed by atoms with E-state index < -0.39 is 0 Å². The average molecular weight is 198 g/mol. The second-order valence-electron chi connectivity index (χ2n) is 3.13. The minimum Gasteiger partial charge on any atom is -0.376 e. The summed E-state index contributed by atoms with van der Waals surface area (Å²) in [6.45, 7) is 1.83. The van der Waals surface area contributed by atoms with Gasteiger partial charge in [-0.15, -0.1) is 10.2 Å². The van der Waals surface area contributed by atoms with Crippen LogP contribution in [0.5, 0.6) is 0 Å². The molecule has 0 radical (unpaired) electrons. The van der Waals surface area contributed by atoms with Crippen LogP contribution in [0.15, 0.2) is 0 Å². The third-order valence-corrected chi connectivity index (χ3v) is 2.24. The van der Waals surface area contributed by atoms with Crippen LogP contribution in [0.3, 0.4) is 0 Å². The average Bonchev–Trinajstić information content (AvgIpc) is 2.61. The quantitative estimate of drug-likeness (QED) is 0.721. The van der Waals surface area contributed by atoms with E-state index in [1.54, 1.807) is 0 Å². The predicted octanol–water partition coefficient (Wildman–Crippen LogP) is -0.0553. The van der Waals surface area contributed by atoms with Crippen LogP contribution in [0.4, 0.5) is 5.95 Å². The van der Waals surface area contributed by atoms with E-state index in [9.17, 15) is 0 Å². The van der Waals surface area contributed by atoms with Crippen molar-refractivity contribution >= 4 is 5.95 Å². The van der Waals surface area contributed by atoms with E-state index in [0.29, 0.717) is 19.8 Å². The van der Waals surface area contributed by atoms with Crippen molar-refractivity contribution in [1.82, 2.24) is 14.8 Å². The van der Waals surface area contributed by atoms with Crippen LogP contribution in [-0.4, -0.2) is 41.6 Å². The first-order chi connectivity index (χ1) is 6.83. The van der Waals surface area contributed by atoms with Crippen molar-refractivity contribution in [3.63, 3.8) is 0 Å². The summed E-state index contributed by atoms with van der Waals surface area (Å²) in [6, 6.07) is 0. The molecule has 0 aromatic carbocycles. The normalized spacial score (nSPS) is 22.3. The van der Waals surface area contributed by atoms with Crippen molar-refractivity contribution in [2.24, 2.45) is 7.05 Å². The van der Waals surface area contributed by atoms with Gasteiger partial charge in [0.15, 0.2) is 5.82 Å². The molecule has 78 valence electrons. The van der Waals surface area contributed by atoms with Crippen molar-refractivity contribution in [3.05, 3.63) is 5.82 Å². The van der Waals surface area contributed by atoms with Gasteiger partial charge in [-0.3, -0.25) is 4.57 Å². The Labute approximate surface area is 82.2 Å². The minimum atomic E-state index is -0.0941. The molecule has 0 bridgehead atoms. The maximum absolute atomic E-state index is 5.53. The number of hydrogen-bond donors (Lipinski definition) is 1. The molecular weight excluding hydrogens is 184 g/mol. The second kappa shape index (κ2) is 3.93. The van der Waals surface area contributed by atoms with Gasteiger partial charge >= 0.3 is 0 Å². The summed E-state index contributed by atoms with van der Waals surface area (Å²) in [5.74, 6) is 1.53. The van der Waals surface area contributed by atoms with Crippen LogP contribution in [0.2, 0.25) is 0 Å². The Balaban J connectivity index is 2.18. The number of ether oxygens (including phenoxy) is 2. The Morgan fingerprint density at radius 1 is 1.43 bits per heavy atom. The van der Waals surface area contributed by atoms with Crippen LogP contribution < -0.4 is 5.32 Å². The number of hydrogen-bond acceptors (Lipinski definition) is 5. The van der Waals surface area contributed by atoms with E-state index in [2.05, 4.69) is 15.5 Å². The number of nitrogens with zero attached hydrogens (tertiary/aromatic N) is 3. The van der Waals surface area contributed by atoms with Gasteiger partial charge in [-0.2, -0.15) is 0 Å². The molecule has 0 amide bonds. The SMILES string of the molecule is CNc1nnc(C2COCCO2)n1C. The predicted molar refractivity (Wildman–Crippen MR) is 50.1 cm³/mol. The van der Waals surface area contributed by atoms with Gasteiger partial charge in [0.2, 0.25) is 5.95 Å². The van der Waals surface area contributed by atoms with Gasteiger partial charge < -0.3 is 14.8 Å². The van der Waals surface area contributed by atoms with E-state index in [0.717, 1.165) is 11.8 Å². The minimum absolute atomic E-state index is 0.0941. The maximum atomic E-state index is 5.53. The zero-order chi connectivity index (χ0) is 9.97. The highest BCUT2D eigenvalue weighted by Gasteiger charge is 2.22. The Hall–Kier alpha value is -1.14. The summed E-state index contributed by atoms with van der Waals surface area (Å²) in [4.78, 5) is 0. The summed E-state index contributed by atoms with van der Waals surface area (Å²) >= 11 is 0. The van der Waals surface area contributed by atoms with E-state index >= 15 is 0 Å². The molecule has 0 saturated carbocycles. The zero-order valence-corrected chi connectivity index (χ0v) is 8.36. The van der Waals surface area contributed by atoms with E-state index in [1.807, 2.05) is 18.7 Å². The molecule has 0 aliphatic carbocycles. The highest BCUT2D eigenvalue weighted by atomic mass is 16.6. The fourth-order valence-electron chi connectivity index (χ4n) is 1.48. The highest BCUT2D eigenvalue weighted by molar-refractivity contribution is 5.24. The fourth-order valence-corrected chi connectivity index (χ4v) is 1.48. The molecule has 2 rings (SSSR count). The molecule has 1 aromatic heterocycles. The van der Waals surface area contributed by atoms with Gasteiger partial charge in [-0.25, -0.2) is 0 Å². The Bertz CT molecular complexity index is 306. The lowest BCUT2D eigenvalue weighted by atomic mass is 10.3. The number of nitrogens with one attached hydrogen (secondary N) is 1. The molecule has 1 saturated heterocycles. The van der Waals surface area contributed by atoms with Crippen molar-refractivity contribution in [3.8, 4) is 0 Å². The largest absolute Gasteiger partial charge is 0.376 e. The van der Waals surface area contributed by atoms with Crippen LogP contribution in [-0.2, 0) is 16.5 Å². The molecule has 1 fully saturated rings. The summed E-state index contributed by atoms with van der Waals surface area (Å²) < 4.78 is 12.7. The van der Waals surface area contributed by atoms with Gasteiger partial charge in [0.25, 0.3) is 0 Å². The van der Waals surface area contributed by atoms with E-state index in [-0.39, 0.29) is 6.10 Å². The lowest BCUT2D eigenvalue weighted by molar-refractivity contribution is -0.0945. The Kier molecular flexibility index (Phi) is 2.64.